The molecule has 0 saturated heterocycles. The molecule has 15 heavy (non-hydrogen) atoms. The predicted octanol–water partition coefficient (Wildman–Crippen LogP) is 4.60. The standard InChI is InChI=1S/C8H8F3NS.C2H6/c1-6-2-4-7(5-3-6)12-13-8(9,10)11;1-2/h2-5,12H,1H3;1-2H3. The van der Waals surface area contributed by atoms with Gasteiger partial charge in [0.15, 0.2) is 0 Å². The fourth-order valence-corrected chi connectivity index (χ4v) is 1.11. The maximum atomic E-state index is 11.7. The van der Waals surface area contributed by atoms with Gasteiger partial charge in [0.2, 0.25) is 0 Å². The predicted molar refractivity (Wildman–Crippen MR) is 59.8 cm³/mol. The van der Waals surface area contributed by atoms with Crippen LogP contribution in [-0.2, 0) is 0 Å². The zero-order chi connectivity index (χ0) is 11.9. The van der Waals surface area contributed by atoms with Gasteiger partial charge in [-0.05, 0) is 19.1 Å². The highest BCUT2D eigenvalue weighted by Crippen LogP contribution is 2.30. The SMILES string of the molecule is CC.Cc1ccc(NSC(F)(F)F)cc1. The van der Waals surface area contributed by atoms with E-state index in [4.69, 9.17) is 0 Å². The summed E-state index contributed by atoms with van der Waals surface area (Å²) in [5, 5.41) is 0. The smallest absolute Gasteiger partial charge is 0.323 e. The fourth-order valence-electron chi connectivity index (χ4n) is 0.738. The topological polar surface area (TPSA) is 12.0 Å². The minimum Gasteiger partial charge on any atom is -0.323 e. The number of alkyl halides is 3. The maximum absolute atomic E-state index is 11.7. The Kier molecular flexibility index (Phi) is 6.24. The Balaban J connectivity index is 0.000000921. The normalized spacial score (nSPS) is 10.3. The number of hydrogen-bond acceptors (Lipinski definition) is 2. The summed E-state index contributed by atoms with van der Waals surface area (Å²) in [5.74, 6) is 0. The molecular formula is C10H14F3NS. The van der Waals surface area contributed by atoms with Gasteiger partial charge in [-0.3, -0.25) is 0 Å². The average molecular weight is 237 g/mol. The van der Waals surface area contributed by atoms with Crippen LogP contribution >= 0.6 is 11.9 Å². The lowest BCUT2D eigenvalue weighted by Crippen LogP contribution is -2.04. The molecule has 0 fully saturated rings. The summed E-state index contributed by atoms with van der Waals surface area (Å²) in [5.41, 5.74) is -2.78. The molecule has 0 radical (unpaired) electrons. The zero-order valence-electron chi connectivity index (χ0n) is 8.85. The minimum atomic E-state index is -4.25. The van der Waals surface area contributed by atoms with Crippen LogP contribution in [0.4, 0.5) is 18.9 Å². The third kappa shape index (κ3) is 7.13. The Morgan fingerprint density at radius 2 is 1.53 bits per heavy atom. The van der Waals surface area contributed by atoms with E-state index in [-0.39, 0.29) is 11.9 Å². The van der Waals surface area contributed by atoms with E-state index < -0.39 is 5.51 Å². The molecule has 1 N–H and O–H groups in total. The number of hydrogen-bond donors (Lipinski definition) is 1. The number of nitrogens with one attached hydrogen (secondary N) is 1. The molecule has 0 spiro atoms. The summed E-state index contributed by atoms with van der Waals surface area (Å²) in [6, 6.07) is 6.71. The lowest BCUT2D eigenvalue weighted by molar-refractivity contribution is -0.0323. The van der Waals surface area contributed by atoms with Crippen molar-refractivity contribution in [1.29, 1.82) is 0 Å². The van der Waals surface area contributed by atoms with Crippen molar-refractivity contribution in [3.05, 3.63) is 29.8 Å². The number of rotatable bonds is 2. The third-order valence-corrected chi connectivity index (χ3v) is 1.91. The van der Waals surface area contributed by atoms with Gasteiger partial charge >= 0.3 is 5.51 Å². The van der Waals surface area contributed by atoms with E-state index in [1.807, 2.05) is 20.8 Å². The number of anilines is 1. The molecule has 0 aliphatic carbocycles. The van der Waals surface area contributed by atoms with Gasteiger partial charge in [0.05, 0.1) is 11.9 Å². The van der Waals surface area contributed by atoms with Crippen LogP contribution in [0.3, 0.4) is 0 Å². The molecule has 1 nitrogen and oxygen atoms in total. The molecule has 1 rings (SSSR count). The van der Waals surface area contributed by atoms with Crippen LogP contribution in [0.2, 0.25) is 0 Å². The van der Waals surface area contributed by atoms with E-state index in [0.717, 1.165) is 5.56 Å². The van der Waals surface area contributed by atoms with Gasteiger partial charge in [0.25, 0.3) is 0 Å². The van der Waals surface area contributed by atoms with Gasteiger partial charge in [0, 0.05) is 5.69 Å². The quantitative estimate of drug-likeness (QED) is 0.754. The highest BCUT2D eigenvalue weighted by Gasteiger charge is 2.28. The highest BCUT2D eigenvalue weighted by atomic mass is 32.2. The van der Waals surface area contributed by atoms with Crippen molar-refractivity contribution in [3.8, 4) is 0 Å². The molecule has 1 aromatic rings. The molecule has 0 saturated carbocycles. The Morgan fingerprint density at radius 3 is 1.93 bits per heavy atom. The van der Waals surface area contributed by atoms with Crippen LogP contribution in [0.25, 0.3) is 0 Å². The van der Waals surface area contributed by atoms with E-state index in [1.165, 1.54) is 0 Å². The largest absolute Gasteiger partial charge is 0.461 e. The lowest BCUT2D eigenvalue weighted by atomic mass is 10.2. The Labute approximate surface area is 92.2 Å². The summed E-state index contributed by atoms with van der Waals surface area (Å²) >= 11 is -0.257. The van der Waals surface area contributed by atoms with Crippen molar-refractivity contribution in [2.45, 2.75) is 26.3 Å². The van der Waals surface area contributed by atoms with Crippen molar-refractivity contribution in [2.75, 3.05) is 4.72 Å². The van der Waals surface area contributed by atoms with E-state index >= 15 is 0 Å². The molecule has 1 aromatic carbocycles. The first-order chi connectivity index (χ1) is 6.97. The first-order valence-electron chi connectivity index (χ1n) is 4.55. The zero-order valence-corrected chi connectivity index (χ0v) is 9.67. The molecular weight excluding hydrogens is 223 g/mol. The Bertz CT molecular complexity index is 269. The molecule has 86 valence electrons. The molecule has 0 amide bonds. The van der Waals surface area contributed by atoms with Gasteiger partial charge in [0.1, 0.15) is 0 Å². The third-order valence-electron chi connectivity index (χ3n) is 1.34. The fraction of sp³-hybridized carbons (Fsp3) is 0.400. The summed E-state index contributed by atoms with van der Waals surface area (Å²) in [7, 11) is 0. The van der Waals surface area contributed by atoms with Gasteiger partial charge in [-0.1, -0.05) is 31.5 Å². The van der Waals surface area contributed by atoms with E-state index in [9.17, 15) is 13.2 Å². The Morgan fingerprint density at radius 1 is 1.07 bits per heavy atom. The van der Waals surface area contributed by atoms with Gasteiger partial charge in [-0.15, -0.1) is 0 Å². The first kappa shape index (κ1) is 14.2. The van der Waals surface area contributed by atoms with E-state index in [1.54, 1.807) is 24.3 Å². The maximum Gasteiger partial charge on any atom is 0.461 e. The second kappa shape index (κ2) is 6.61. The van der Waals surface area contributed by atoms with Crippen molar-refractivity contribution in [3.63, 3.8) is 0 Å². The molecule has 0 atom stereocenters. The molecule has 0 aromatic heterocycles. The van der Waals surface area contributed by atoms with E-state index in [2.05, 4.69) is 4.72 Å². The number of benzene rings is 1. The number of halogens is 3. The minimum absolute atomic E-state index is 0.257. The van der Waals surface area contributed by atoms with Gasteiger partial charge in [-0.2, -0.15) is 13.2 Å². The molecule has 0 bridgehead atoms. The molecule has 0 unspecified atom stereocenters. The van der Waals surface area contributed by atoms with Gasteiger partial charge < -0.3 is 4.72 Å². The van der Waals surface area contributed by atoms with Crippen LogP contribution in [0, 0.1) is 6.92 Å². The van der Waals surface area contributed by atoms with Crippen LogP contribution in [0.5, 0.6) is 0 Å². The second-order valence-corrected chi connectivity index (χ2v) is 3.39. The summed E-state index contributed by atoms with van der Waals surface area (Å²) in [6.07, 6.45) is 0. The van der Waals surface area contributed by atoms with Crippen LogP contribution in [0.15, 0.2) is 24.3 Å². The van der Waals surface area contributed by atoms with Crippen molar-refractivity contribution in [2.24, 2.45) is 0 Å². The van der Waals surface area contributed by atoms with Crippen LogP contribution in [-0.4, -0.2) is 5.51 Å². The van der Waals surface area contributed by atoms with Gasteiger partial charge in [-0.25, -0.2) is 0 Å². The van der Waals surface area contributed by atoms with Crippen molar-refractivity contribution in [1.82, 2.24) is 0 Å². The lowest BCUT2D eigenvalue weighted by Gasteiger charge is -2.07. The summed E-state index contributed by atoms with van der Waals surface area (Å²) in [4.78, 5) is 0. The monoisotopic (exact) mass is 237 g/mol. The number of aryl methyl sites for hydroxylation is 1. The second-order valence-electron chi connectivity index (χ2n) is 2.52. The highest BCUT2D eigenvalue weighted by molar-refractivity contribution is 8.01. The summed E-state index contributed by atoms with van der Waals surface area (Å²) < 4.78 is 37.4. The van der Waals surface area contributed by atoms with Crippen molar-refractivity contribution >= 4 is 17.6 Å². The molecule has 0 aliphatic rings. The summed E-state index contributed by atoms with van der Waals surface area (Å²) in [6.45, 7) is 5.88. The first-order valence-corrected chi connectivity index (χ1v) is 5.36. The van der Waals surface area contributed by atoms with Crippen LogP contribution < -0.4 is 4.72 Å². The average Bonchev–Trinajstić information content (AvgIpc) is 2.19. The van der Waals surface area contributed by atoms with E-state index in [0.29, 0.717) is 5.69 Å². The Hall–Kier alpha value is -0.840. The molecule has 0 aliphatic heterocycles. The van der Waals surface area contributed by atoms with Crippen LogP contribution in [0.1, 0.15) is 19.4 Å². The molecule has 0 heterocycles. The molecule has 5 heteroatoms. The van der Waals surface area contributed by atoms with Crippen molar-refractivity contribution < 1.29 is 13.2 Å².